The van der Waals surface area contributed by atoms with E-state index in [2.05, 4.69) is 15.3 Å². The first kappa shape index (κ1) is 19.9. The lowest BCUT2D eigenvalue weighted by molar-refractivity contribution is 0.0794. The van der Waals surface area contributed by atoms with Gasteiger partial charge in [0.05, 0.1) is 20.8 Å². The van der Waals surface area contributed by atoms with E-state index in [0.717, 1.165) is 15.2 Å². The third kappa shape index (κ3) is 4.31. The van der Waals surface area contributed by atoms with Gasteiger partial charge in [-0.05, 0) is 51.8 Å². The lowest BCUT2D eigenvalue weighted by Gasteiger charge is -2.22. The van der Waals surface area contributed by atoms with Gasteiger partial charge >= 0.3 is 0 Å². The molecule has 1 aliphatic carbocycles. The highest BCUT2D eigenvalue weighted by Gasteiger charge is 2.25. The second-order valence-electron chi connectivity index (χ2n) is 8.25. The van der Waals surface area contributed by atoms with Crippen molar-refractivity contribution in [1.29, 1.82) is 0 Å². The molecule has 2 N–H and O–H groups in total. The van der Waals surface area contributed by atoms with Gasteiger partial charge in [-0.3, -0.25) is 4.79 Å². The minimum absolute atomic E-state index is 0.298. The second kappa shape index (κ2) is 7.80. The standard InChI is InChI=1S/C22H26N4O2S/c1-13-23-10-9-16(24-13)20(27)25-17-12-19-18(11-15(17)22(2,3)28)26-21(29-19)14-7-5-4-6-8-14/h9-12,14,28H,4-8H2,1-3H3,(H,25,27). The zero-order valence-electron chi connectivity index (χ0n) is 17.0. The molecule has 1 aromatic carbocycles. The average molecular weight is 411 g/mol. The van der Waals surface area contributed by atoms with Gasteiger partial charge in [0.25, 0.3) is 5.91 Å². The van der Waals surface area contributed by atoms with E-state index < -0.39 is 5.60 Å². The number of carbonyl (C=O) groups is 1. The van der Waals surface area contributed by atoms with Gasteiger partial charge in [0.2, 0.25) is 0 Å². The number of nitrogens with zero attached hydrogens (tertiary/aromatic N) is 3. The van der Waals surface area contributed by atoms with E-state index in [1.165, 1.54) is 32.1 Å². The molecule has 1 amide bonds. The van der Waals surface area contributed by atoms with Crippen LogP contribution in [-0.2, 0) is 5.60 Å². The van der Waals surface area contributed by atoms with Crippen molar-refractivity contribution in [2.45, 2.75) is 64.4 Å². The zero-order chi connectivity index (χ0) is 20.6. The molecule has 4 rings (SSSR count). The summed E-state index contributed by atoms with van der Waals surface area (Å²) < 4.78 is 1.02. The lowest BCUT2D eigenvalue weighted by atomic mass is 9.90. The molecule has 0 saturated heterocycles. The first-order valence-corrected chi connectivity index (χ1v) is 10.9. The smallest absolute Gasteiger partial charge is 0.274 e. The van der Waals surface area contributed by atoms with Crippen LogP contribution in [0.15, 0.2) is 24.4 Å². The van der Waals surface area contributed by atoms with Crippen molar-refractivity contribution >= 4 is 33.1 Å². The predicted molar refractivity (Wildman–Crippen MR) is 115 cm³/mol. The molecule has 152 valence electrons. The summed E-state index contributed by atoms with van der Waals surface area (Å²) >= 11 is 1.69. The zero-order valence-corrected chi connectivity index (χ0v) is 17.8. The number of hydrogen-bond donors (Lipinski definition) is 2. The molecule has 6 nitrogen and oxygen atoms in total. The Hall–Kier alpha value is -2.38. The van der Waals surface area contributed by atoms with Crippen molar-refractivity contribution in [1.82, 2.24) is 15.0 Å². The van der Waals surface area contributed by atoms with E-state index in [9.17, 15) is 9.90 Å². The van der Waals surface area contributed by atoms with Crippen LogP contribution in [0.4, 0.5) is 5.69 Å². The van der Waals surface area contributed by atoms with E-state index in [0.29, 0.717) is 28.7 Å². The van der Waals surface area contributed by atoms with Gasteiger partial charge < -0.3 is 10.4 Å². The molecule has 0 atom stereocenters. The van der Waals surface area contributed by atoms with Gasteiger partial charge in [0, 0.05) is 23.4 Å². The Morgan fingerprint density at radius 2 is 1.97 bits per heavy atom. The molecule has 3 aromatic rings. The maximum absolute atomic E-state index is 12.7. The summed E-state index contributed by atoms with van der Waals surface area (Å²) in [6.07, 6.45) is 7.77. The molecule has 2 aromatic heterocycles. The van der Waals surface area contributed by atoms with Crippen LogP contribution >= 0.6 is 11.3 Å². The number of aromatic nitrogens is 3. The molecule has 1 aliphatic rings. The first-order valence-electron chi connectivity index (χ1n) is 10.1. The van der Waals surface area contributed by atoms with Gasteiger partial charge in [-0.2, -0.15) is 0 Å². The van der Waals surface area contributed by atoms with E-state index in [1.807, 2.05) is 12.1 Å². The number of anilines is 1. The third-order valence-corrected chi connectivity index (χ3v) is 6.60. The number of hydrogen-bond acceptors (Lipinski definition) is 6. The Morgan fingerprint density at radius 3 is 2.66 bits per heavy atom. The molecular formula is C22H26N4O2S. The number of carbonyl (C=O) groups excluding carboxylic acids is 1. The monoisotopic (exact) mass is 410 g/mol. The van der Waals surface area contributed by atoms with Crippen molar-refractivity contribution < 1.29 is 9.90 Å². The topological polar surface area (TPSA) is 88.0 Å². The van der Waals surface area contributed by atoms with Crippen molar-refractivity contribution in [2.75, 3.05) is 5.32 Å². The summed E-state index contributed by atoms with van der Waals surface area (Å²) in [7, 11) is 0. The van der Waals surface area contributed by atoms with Gasteiger partial charge in [0.15, 0.2) is 0 Å². The van der Waals surface area contributed by atoms with Crippen LogP contribution in [0.25, 0.3) is 10.2 Å². The molecular weight excluding hydrogens is 384 g/mol. The van der Waals surface area contributed by atoms with Crippen molar-refractivity contribution in [3.8, 4) is 0 Å². The summed E-state index contributed by atoms with van der Waals surface area (Å²) in [5.74, 6) is 0.738. The number of rotatable bonds is 4. The number of aliphatic hydroxyl groups is 1. The van der Waals surface area contributed by atoms with Gasteiger partial charge in [-0.15, -0.1) is 11.3 Å². The van der Waals surface area contributed by atoms with Crippen LogP contribution in [0.5, 0.6) is 0 Å². The van der Waals surface area contributed by atoms with Gasteiger partial charge in [-0.1, -0.05) is 19.3 Å². The number of nitrogens with one attached hydrogen (secondary N) is 1. The Bertz CT molecular complexity index is 1050. The number of fused-ring (bicyclic) bond motifs is 1. The molecule has 29 heavy (non-hydrogen) atoms. The van der Waals surface area contributed by atoms with Crippen LogP contribution < -0.4 is 5.32 Å². The molecule has 7 heteroatoms. The fraction of sp³-hybridized carbons (Fsp3) is 0.455. The van der Waals surface area contributed by atoms with Crippen molar-refractivity contribution in [3.63, 3.8) is 0 Å². The van der Waals surface area contributed by atoms with E-state index in [1.54, 1.807) is 44.4 Å². The molecule has 1 saturated carbocycles. The Kier molecular flexibility index (Phi) is 5.36. The first-order chi connectivity index (χ1) is 13.8. The Labute approximate surface area is 174 Å². The fourth-order valence-corrected chi connectivity index (χ4v) is 5.05. The normalized spacial score (nSPS) is 15.6. The highest BCUT2D eigenvalue weighted by Crippen LogP contribution is 2.39. The summed E-state index contributed by atoms with van der Waals surface area (Å²) in [5, 5.41) is 14.8. The fourth-order valence-electron chi connectivity index (χ4n) is 3.89. The van der Waals surface area contributed by atoms with E-state index in [4.69, 9.17) is 4.98 Å². The Balaban J connectivity index is 1.72. The lowest BCUT2D eigenvalue weighted by Crippen LogP contribution is -2.21. The minimum atomic E-state index is -1.12. The number of aryl methyl sites for hydroxylation is 1. The van der Waals surface area contributed by atoms with Gasteiger partial charge in [-0.25, -0.2) is 15.0 Å². The average Bonchev–Trinajstić information content (AvgIpc) is 3.10. The molecule has 0 aliphatic heterocycles. The molecule has 2 heterocycles. The third-order valence-electron chi connectivity index (χ3n) is 5.41. The summed E-state index contributed by atoms with van der Waals surface area (Å²) in [6.45, 7) is 5.18. The van der Waals surface area contributed by atoms with Crippen molar-refractivity contribution in [3.05, 3.63) is 46.5 Å². The predicted octanol–water partition coefficient (Wildman–Crippen LogP) is 4.92. The van der Waals surface area contributed by atoms with E-state index >= 15 is 0 Å². The molecule has 0 spiro atoms. The highest BCUT2D eigenvalue weighted by atomic mass is 32.1. The Morgan fingerprint density at radius 1 is 1.21 bits per heavy atom. The van der Waals surface area contributed by atoms with Crippen LogP contribution in [0, 0.1) is 6.92 Å². The molecule has 0 unspecified atom stereocenters. The van der Waals surface area contributed by atoms with Crippen LogP contribution in [0.3, 0.4) is 0 Å². The maximum atomic E-state index is 12.7. The highest BCUT2D eigenvalue weighted by molar-refractivity contribution is 7.18. The maximum Gasteiger partial charge on any atom is 0.274 e. The number of amides is 1. The molecule has 0 radical (unpaired) electrons. The summed E-state index contributed by atoms with van der Waals surface area (Å²) in [6, 6.07) is 5.41. The quantitative estimate of drug-likeness (QED) is 0.637. The van der Waals surface area contributed by atoms with Gasteiger partial charge in [0.1, 0.15) is 11.5 Å². The second-order valence-corrected chi connectivity index (χ2v) is 9.32. The molecule has 0 bridgehead atoms. The summed E-state index contributed by atoms with van der Waals surface area (Å²) in [4.78, 5) is 25.8. The van der Waals surface area contributed by atoms with Crippen LogP contribution in [-0.4, -0.2) is 26.0 Å². The van der Waals surface area contributed by atoms with Crippen molar-refractivity contribution in [2.24, 2.45) is 0 Å². The SMILES string of the molecule is Cc1nccc(C(=O)Nc2cc3sc(C4CCCCC4)nc3cc2C(C)(C)O)n1. The summed E-state index contributed by atoms with van der Waals surface area (Å²) in [5.41, 5.74) is 1.29. The number of thiazole rings is 1. The molecule has 1 fully saturated rings. The number of benzene rings is 1. The van der Waals surface area contributed by atoms with Crippen LogP contribution in [0.1, 0.15) is 78.8 Å². The minimum Gasteiger partial charge on any atom is -0.386 e. The van der Waals surface area contributed by atoms with Crippen LogP contribution in [0.2, 0.25) is 0 Å². The van der Waals surface area contributed by atoms with E-state index in [-0.39, 0.29) is 5.91 Å². The largest absolute Gasteiger partial charge is 0.386 e.